The SMILES string of the molecule is CCNCCNCc1ccnc2nc[nH]c12. The topological polar surface area (TPSA) is 65.6 Å². The standard InChI is InChI=1S/C11H17N5/c1-2-12-5-6-13-7-9-3-4-14-11-10(9)15-8-16-11/h3-4,8,12-13H,2,5-7H2,1H3,(H,14,15,16). The first kappa shape index (κ1) is 11.0. The van der Waals surface area contributed by atoms with Crippen LogP contribution in [0.2, 0.25) is 0 Å². The van der Waals surface area contributed by atoms with Crippen molar-refractivity contribution in [1.82, 2.24) is 25.6 Å². The molecule has 0 amide bonds. The van der Waals surface area contributed by atoms with Crippen LogP contribution in [0, 0.1) is 0 Å². The van der Waals surface area contributed by atoms with E-state index in [1.807, 2.05) is 6.07 Å². The molecule has 2 rings (SSSR count). The van der Waals surface area contributed by atoms with E-state index in [9.17, 15) is 0 Å². The minimum Gasteiger partial charge on any atom is -0.343 e. The van der Waals surface area contributed by atoms with E-state index in [-0.39, 0.29) is 0 Å². The molecule has 5 heteroatoms. The number of hydrogen-bond acceptors (Lipinski definition) is 4. The Morgan fingerprint density at radius 2 is 2.12 bits per heavy atom. The zero-order valence-electron chi connectivity index (χ0n) is 9.45. The quantitative estimate of drug-likeness (QED) is 0.624. The number of likely N-dealkylation sites (N-methyl/N-ethyl adjacent to an activating group) is 1. The molecule has 0 aliphatic heterocycles. The molecule has 0 saturated heterocycles. The first-order valence-corrected chi connectivity index (χ1v) is 5.60. The number of pyridine rings is 1. The number of nitrogens with zero attached hydrogens (tertiary/aromatic N) is 2. The second kappa shape index (κ2) is 5.58. The predicted molar refractivity (Wildman–Crippen MR) is 64.1 cm³/mol. The summed E-state index contributed by atoms with van der Waals surface area (Å²) in [5, 5.41) is 6.65. The normalized spacial score (nSPS) is 11.1. The number of fused-ring (bicyclic) bond motifs is 1. The Bertz CT molecular complexity index is 437. The molecule has 0 unspecified atom stereocenters. The third-order valence-electron chi connectivity index (χ3n) is 2.46. The van der Waals surface area contributed by atoms with E-state index in [1.54, 1.807) is 12.5 Å². The Morgan fingerprint density at radius 1 is 1.25 bits per heavy atom. The second-order valence-electron chi connectivity index (χ2n) is 3.60. The van der Waals surface area contributed by atoms with Gasteiger partial charge in [-0.1, -0.05) is 6.92 Å². The van der Waals surface area contributed by atoms with E-state index >= 15 is 0 Å². The first-order valence-electron chi connectivity index (χ1n) is 5.60. The number of imidazole rings is 1. The van der Waals surface area contributed by atoms with Crippen LogP contribution < -0.4 is 10.6 Å². The van der Waals surface area contributed by atoms with Gasteiger partial charge in [0.05, 0.1) is 11.8 Å². The highest BCUT2D eigenvalue weighted by molar-refractivity contribution is 5.73. The number of H-pyrrole nitrogens is 1. The van der Waals surface area contributed by atoms with E-state index in [0.29, 0.717) is 0 Å². The van der Waals surface area contributed by atoms with Gasteiger partial charge in [-0.25, -0.2) is 9.97 Å². The molecule has 16 heavy (non-hydrogen) atoms. The van der Waals surface area contributed by atoms with Crippen molar-refractivity contribution in [2.45, 2.75) is 13.5 Å². The lowest BCUT2D eigenvalue weighted by molar-refractivity contribution is 0.626. The molecule has 2 aromatic heterocycles. The number of aromatic nitrogens is 3. The fourth-order valence-electron chi connectivity index (χ4n) is 1.63. The highest BCUT2D eigenvalue weighted by Gasteiger charge is 2.02. The maximum Gasteiger partial charge on any atom is 0.177 e. The van der Waals surface area contributed by atoms with Crippen LogP contribution in [-0.4, -0.2) is 34.6 Å². The van der Waals surface area contributed by atoms with Gasteiger partial charge in [0.2, 0.25) is 0 Å². The molecule has 86 valence electrons. The Kier molecular flexibility index (Phi) is 3.85. The van der Waals surface area contributed by atoms with E-state index in [4.69, 9.17) is 0 Å². The summed E-state index contributed by atoms with van der Waals surface area (Å²) in [5.41, 5.74) is 3.02. The van der Waals surface area contributed by atoms with Crippen LogP contribution in [0.25, 0.3) is 11.2 Å². The Labute approximate surface area is 94.7 Å². The number of nitrogens with one attached hydrogen (secondary N) is 3. The third-order valence-corrected chi connectivity index (χ3v) is 2.46. The van der Waals surface area contributed by atoms with E-state index in [2.05, 4.69) is 32.5 Å². The van der Waals surface area contributed by atoms with Crippen LogP contribution in [0.3, 0.4) is 0 Å². The van der Waals surface area contributed by atoms with Crippen molar-refractivity contribution in [3.8, 4) is 0 Å². The predicted octanol–water partition coefficient (Wildman–Crippen LogP) is 0.657. The molecule has 0 fully saturated rings. The Hall–Kier alpha value is -1.46. The molecule has 5 nitrogen and oxygen atoms in total. The van der Waals surface area contributed by atoms with Crippen LogP contribution in [0.1, 0.15) is 12.5 Å². The molecule has 0 aliphatic rings. The number of rotatable bonds is 6. The molecule has 0 aromatic carbocycles. The molecule has 0 atom stereocenters. The van der Waals surface area contributed by atoms with Crippen molar-refractivity contribution in [3.63, 3.8) is 0 Å². The minimum absolute atomic E-state index is 0.783. The van der Waals surface area contributed by atoms with Crippen LogP contribution in [0.15, 0.2) is 18.6 Å². The zero-order valence-corrected chi connectivity index (χ0v) is 9.45. The van der Waals surface area contributed by atoms with Crippen molar-refractivity contribution >= 4 is 11.2 Å². The fraction of sp³-hybridized carbons (Fsp3) is 0.455. The molecule has 0 spiro atoms. The Balaban J connectivity index is 1.91. The molecule has 0 aliphatic carbocycles. The summed E-state index contributed by atoms with van der Waals surface area (Å²) in [4.78, 5) is 11.4. The van der Waals surface area contributed by atoms with E-state index in [0.717, 1.165) is 37.3 Å². The zero-order chi connectivity index (χ0) is 11.2. The minimum atomic E-state index is 0.783. The van der Waals surface area contributed by atoms with Gasteiger partial charge in [0, 0.05) is 25.8 Å². The van der Waals surface area contributed by atoms with Crippen LogP contribution in [0.4, 0.5) is 0 Å². The molecular formula is C11H17N5. The van der Waals surface area contributed by atoms with Crippen molar-refractivity contribution < 1.29 is 0 Å². The van der Waals surface area contributed by atoms with Crippen molar-refractivity contribution in [2.75, 3.05) is 19.6 Å². The lowest BCUT2D eigenvalue weighted by Crippen LogP contribution is -2.26. The van der Waals surface area contributed by atoms with Gasteiger partial charge >= 0.3 is 0 Å². The maximum absolute atomic E-state index is 4.18. The molecule has 2 aromatic rings. The maximum atomic E-state index is 4.18. The van der Waals surface area contributed by atoms with Gasteiger partial charge in [-0.05, 0) is 18.2 Å². The highest BCUT2D eigenvalue weighted by Crippen LogP contribution is 2.11. The molecule has 0 radical (unpaired) electrons. The number of aromatic amines is 1. The van der Waals surface area contributed by atoms with Gasteiger partial charge in [-0.2, -0.15) is 0 Å². The van der Waals surface area contributed by atoms with Gasteiger partial charge in [-0.3, -0.25) is 0 Å². The highest BCUT2D eigenvalue weighted by atomic mass is 15.0. The van der Waals surface area contributed by atoms with Crippen molar-refractivity contribution in [3.05, 3.63) is 24.2 Å². The summed E-state index contributed by atoms with van der Waals surface area (Å²) >= 11 is 0. The third kappa shape index (κ3) is 2.56. The van der Waals surface area contributed by atoms with Crippen LogP contribution in [0.5, 0.6) is 0 Å². The molecule has 2 heterocycles. The summed E-state index contributed by atoms with van der Waals surface area (Å²) < 4.78 is 0. The summed E-state index contributed by atoms with van der Waals surface area (Å²) in [6, 6.07) is 2.01. The van der Waals surface area contributed by atoms with E-state index < -0.39 is 0 Å². The average molecular weight is 219 g/mol. The Morgan fingerprint density at radius 3 is 3.00 bits per heavy atom. The average Bonchev–Trinajstić information content (AvgIpc) is 2.77. The largest absolute Gasteiger partial charge is 0.343 e. The number of hydrogen-bond donors (Lipinski definition) is 3. The van der Waals surface area contributed by atoms with Gasteiger partial charge in [0.25, 0.3) is 0 Å². The van der Waals surface area contributed by atoms with Gasteiger partial charge in [-0.15, -0.1) is 0 Å². The summed E-state index contributed by atoms with van der Waals surface area (Å²) in [5.74, 6) is 0. The van der Waals surface area contributed by atoms with Crippen LogP contribution in [-0.2, 0) is 6.54 Å². The molecule has 0 bridgehead atoms. The molecule has 0 saturated carbocycles. The van der Waals surface area contributed by atoms with Crippen LogP contribution >= 0.6 is 0 Å². The fourth-order valence-corrected chi connectivity index (χ4v) is 1.63. The second-order valence-corrected chi connectivity index (χ2v) is 3.60. The first-order chi connectivity index (χ1) is 7.92. The van der Waals surface area contributed by atoms with Gasteiger partial charge < -0.3 is 15.6 Å². The van der Waals surface area contributed by atoms with Gasteiger partial charge in [0.1, 0.15) is 0 Å². The van der Waals surface area contributed by atoms with E-state index in [1.165, 1.54) is 5.56 Å². The monoisotopic (exact) mass is 219 g/mol. The van der Waals surface area contributed by atoms with Gasteiger partial charge in [0.15, 0.2) is 5.65 Å². The summed E-state index contributed by atoms with van der Waals surface area (Å²) in [6.45, 7) is 5.92. The smallest absolute Gasteiger partial charge is 0.177 e. The summed E-state index contributed by atoms with van der Waals surface area (Å²) in [7, 11) is 0. The van der Waals surface area contributed by atoms with Crippen molar-refractivity contribution in [2.24, 2.45) is 0 Å². The van der Waals surface area contributed by atoms with Crippen molar-refractivity contribution in [1.29, 1.82) is 0 Å². The lowest BCUT2D eigenvalue weighted by atomic mass is 10.2. The molecule has 3 N–H and O–H groups in total. The molecular weight excluding hydrogens is 202 g/mol. The summed E-state index contributed by atoms with van der Waals surface area (Å²) in [6.07, 6.45) is 3.48. The lowest BCUT2D eigenvalue weighted by Gasteiger charge is -2.05.